The number of nitrogens with zero attached hydrogens (tertiary/aromatic N) is 2. The highest BCUT2D eigenvalue weighted by Crippen LogP contribution is 2.34. The zero-order chi connectivity index (χ0) is 11.8. The summed E-state index contributed by atoms with van der Waals surface area (Å²) < 4.78 is 3.13. The van der Waals surface area contributed by atoms with Crippen LogP contribution >= 0.6 is 15.9 Å². The van der Waals surface area contributed by atoms with Gasteiger partial charge in [-0.05, 0) is 42.9 Å². The van der Waals surface area contributed by atoms with Crippen molar-refractivity contribution in [2.24, 2.45) is 11.8 Å². The van der Waals surface area contributed by atoms with Crippen LogP contribution in [0, 0.1) is 11.8 Å². The molecule has 1 saturated carbocycles. The maximum absolute atomic E-state index is 8.99. The topological polar surface area (TPSA) is 38.0 Å². The second-order valence-corrected chi connectivity index (χ2v) is 5.86. The van der Waals surface area contributed by atoms with Crippen molar-refractivity contribution in [3.63, 3.8) is 0 Å². The summed E-state index contributed by atoms with van der Waals surface area (Å²) in [5, 5.41) is 14.7. The number of aromatic nitrogens is 2. The Morgan fingerprint density at radius 1 is 1.35 bits per heavy atom. The van der Waals surface area contributed by atoms with Crippen LogP contribution in [0.4, 0.5) is 0 Å². The molecule has 1 aliphatic rings. The summed E-state index contributed by atoms with van der Waals surface area (Å²) in [4.78, 5) is 0. The number of rotatable bonds is 3. The fourth-order valence-electron chi connectivity index (χ4n) is 2.58. The highest BCUT2D eigenvalue weighted by atomic mass is 79.9. The molecule has 0 spiro atoms. The molecule has 3 rings (SSSR count). The number of fused-ring (bicyclic) bond motifs is 1. The Morgan fingerprint density at radius 2 is 2.18 bits per heavy atom. The summed E-state index contributed by atoms with van der Waals surface area (Å²) in [5.74, 6) is 1.21. The van der Waals surface area contributed by atoms with E-state index >= 15 is 0 Å². The van der Waals surface area contributed by atoms with Gasteiger partial charge in [0.05, 0.1) is 5.52 Å². The van der Waals surface area contributed by atoms with E-state index in [4.69, 9.17) is 5.11 Å². The Kier molecular flexibility index (Phi) is 2.92. The average Bonchev–Trinajstić information content (AvgIpc) is 2.64. The zero-order valence-electron chi connectivity index (χ0n) is 9.51. The Labute approximate surface area is 109 Å². The van der Waals surface area contributed by atoms with Crippen molar-refractivity contribution in [2.45, 2.75) is 19.4 Å². The molecule has 1 N–H and O–H groups in total. The number of hydrogen-bond donors (Lipinski definition) is 1. The van der Waals surface area contributed by atoms with Gasteiger partial charge in [-0.25, -0.2) is 0 Å². The van der Waals surface area contributed by atoms with Crippen molar-refractivity contribution in [2.75, 3.05) is 6.61 Å². The molecule has 1 fully saturated rings. The first kappa shape index (κ1) is 11.2. The molecule has 1 aromatic carbocycles. The van der Waals surface area contributed by atoms with Crippen molar-refractivity contribution in [1.82, 2.24) is 9.78 Å². The normalized spacial score (nSPS) is 23.9. The molecule has 1 aliphatic carbocycles. The minimum absolute atomic E-state index is 0.338. The minimum Gasteiger partial charge on any atom is -0.396 e. The van der Waals surface area contributed by atoms with Gasteiger partial charge in [0.25, 0.3) is 0 Å². The van der Waals surface area contributed by atoms with Gasteiger partial charge in [-0.15, -0.1) is 0 Å². The van der Waals surface area contributed by atoms with Crippen molar-refractivity contribution in [3.05, 3.63) is 28.9 Å². The van der Waals surface area contributed by atoms with Gasteiger partial charge in [0.1, 0.15) is 0 Å². The van der Waals surface area contributed by atoms with Crippen LogP contribution in [0.25, 0.3) is 10.9 Å². The molecule has 0 amide bonds. The van der Waals surface area contributed by atoms with Crippen LogP contribution in [-0.4, -0.2) is 21.5 Å². The molecular weight excluding hydrogens is 280 g/mol. The van der Waals surface area contributed by atoms with E-state index in [9.17, 15) is 0 Å². The monoisotopic (exact) mass is 294 g/mol. The van der Waals surface area contributed by atoms with Crippen molar-refractivity contribution in [3.8, 4) is 0 Å². The maximum Gasteiger partial charge on any atom is 0.0924 e. The largest absolute Gasteiger partial charge is 0.396 e. The molecular formula is C13H15BrN2O. The highest BCUT2D eigenvalue weighted by Gasteiger charge is 2.28. The van der Waals surface area contributed by atoms with Gasteiger partial charge in [0, 0.05) is 29.2 Å². The number of halogens is 1. The van der Waals surface area contributed by atoms with Crippen LogP contribution in [-0.2, 0) is 6.54 Å². The third-order valence-electron chi connectivity index (χ3n) is 3.55. The fourth-order valence-corrected chi connectivity index (χ4v) is 2.96. The van der Waals surface area contributed by atoms with Gasteiger partial charge >= 0.3 is 0 Å². The minimum atomic E-state index is 0.338. The lowest BCUT2D eigenvalue weighted by atomic mass is 9.75. The van der Waals surface area contributed by atoms with E-state index in [2.05, 4.69) is 33.3 Å². The second-order valence-electron chi connectivity index (χ2n) is 4.94. The van der Waals surface area contributed by atoms with E-state index in [-0.39, 0.29) is 0 Å². The van der Waals surface area contributed by atoms with Gasteiger partial charge in [-0.1, -0.05) is 15.9 Å². The Hall–Kier alpha value is -0.870. The first-order valence-electron chi connectivity index (χ1n) is 5.98. The van der Waals surface area contributed by atoms with E-state index in [1.807, 2.05) is 16.8 Å². The molecule has 90 valence electrons. The summed E-state index contributed by atoms with van der Waals surface area (Å²) in [7, 11) is 0. The smallest absolute Gasteiger partial charge is 0.0924 e. The van der Waals surface area contributed by atoms with Gasteiger partial charge in [0.2, 0.25) is 0 Å². The first-order chi connectivity index (χ1) is 8.24. The molecule has 1 heterocycles. The lowest BCUT2D eigenvalue weighted by Gasteiger charge is -2.33. The predicted molar refractivity (Wildman–Crippen MR) is 70.7 cm³/mol. The molecule has 0 saturated heterocycles. The number of benzene rings is 1. The summed E-state index contributed by atoms with van der Waals surface area (Å²) in [5.41, 5.74) is 1.05. The zero-order valence-corrected chi connectivity index (χ0v) is 11.1. The Morgan fingerprint density at radius 3 is 2.94 bits per heavy atom. The van der Waals surface area contributed by atoms with Gasteiger partial charge < -0.3 is 5.11 Å². The van der Waals surface area contributed by atoms with Crippen molar-refractivity contribution < 1.29 is 5.11 Å². The van der Waals surface area contributed by atoms with Crippen molar-refractivity contribution >= 4 is 26.8 Å². The summed E-state index contributed by atoms with van der Waals surface area (Å²) in [6, 6.07) is 6.15. The molecule has 1 aromatic heterocycles. The van der Waals surface area contributed by atoms with E-state index in [1.165, 1.54) is 5.39 Å². The molecule has 0 radical (unpaired) electrons. The number of aliphatic hydroxyl groups excluding tert-OH is 1. The van der Waals surface area contributed by atoms with Gasteiger partial charge in [-0.2, -0.15) is 5.10 Å². The fraction of sp³-hybridized carbons (Fsp3) is 0.462. The van der Waals surface area contributed by atoms with E-state index in [1.54, 1.807) is 0 Å². The molecule has 0 atom stereocenters. The molecule has 17 heavy (non-hydrogen) atoms. The van der Waals surface area contributed by atoms with Crippen LogP contribution < -0.4 is 0 Å². The highest BCUT2D eigenvalue weighted by molar-refractivity contribution is 9.10. The molecule has 2 aromatic rings. The van der Waals surface area contributed by atoms with Gasteiger partial charge in [-0.3, -0.25) is 4.68 Å². The average molecular weight is 295 g/mol. The quantitative estimate of drug-likeness (QED) is 0.945. The SMILES string of the molecule is OCC1CC(Cn2cc3cc(Br)ccc3n2)C1. The molecule has 4 heteroatoms. The van der Waals surface area contributed by atoms with Gasteiger partial charge in [0.15, 0.2) is 0 Å². The van der Waals surface area contributed by atoms with Crippen LogP contribution in [0.15, 0.2) is 28.9 Å². The summed E-state index contributed by atoms with van der Waals surface area (Å²) in [6.07, 6.45) is 4.37. The van der Waals surface area contributed by atoms with Crippen LogP contribution in [0.5, 0.6) is 0 Å². The molecule has 3 nitrogen and oxygen atoms in total. The second kappa shape index (κ2) is 4.42. The van der Waals surface area contributed by atoms with Crippen LogP contribution in [0.2, 0.25) is 0 Å². The van der Waals surface area contributed by atoms with E-state index in [0.29, 0.717) is 18.4 Å². The number of aliphatic hydroxyl groups is 1. The summed E-state index contributed by atoms with van der Waals surface area (Å²) >= 11 is 3.47. The Balaban J connectivity index is 1.73. The number of hydrogen-bond acceptors (Lipinski definition) is 2. The van der Waals surface area contributed by atoms with Crippen LogP contribution in [0.1, 0.15) is 12.8 Å². The van der Waals surface area contributed by atoms with E-state index in [0.717, 1.165) is 29.4 Å². The lowest BCUT2D eigenvalue weighted by Crippen LogP contribution is -2.29. The van der Waals surface area contributed by atoms with Crippen LogP contribution in [0.3, 0.4) is 0 Å². The van der Waals surface area contributed by atoms with E-state index < -0.39 is 0 Å². The predicted octanol–water partition coefficient (Wildman–Crippen LogP) is 2.82. The lowest BCUT2D eigenvalue weighted by molar-refractivity contribution is 0.0946. The third-order valence-corrected chi connectivity index (χ3v) is 4.04. The third kappa shape index (κ3) is 2.24. The molecule has 0 unspecified atom stereocenters. The standard InChI is InChI=1S/C13H15BrN2O/c14-12-1-2-13-11(5-12)7-16(15-13)6-9-3-10(4-9)8-17/h1-2,5,7,9-10,17H,3-4,6,8H2. The van der Waals surface area contributed by atoms with Crippen molar-refractivity contribution in [1.29, 1.82) is 0 Å². The molecule has 0 aliphatic heterocycles. The summed E-state index contributed by atoms with van der Waals surface area (Å²) in [6.45, 7) is 1.31. The maximum atomic E-state index is 8.99. The first-order valence-corrected chi connectivity index (χ1v) is 6.77. The Bertz CT molecular complexity index is 531. The molecule has 0 bridgehead atoms.